The van der Waals surface area contributed by atoms with E-state index in [0.29, 0.717) is 13.1 Å². The fourth-order valence-corrected chi connectivity index (χ4v) is 5.03. The highest BCUT2D eigenvalue weighted by molar-refractivity contribution is 5.88. The van der Waals surface area contributed by atoms with Crippen molar-refractivity contribution in [1.29, 1.82) is 5.26 Å². The van der Waals surface area contributed by atoms with Gasteiger partial charge in [0.1, 0.15) is 18.2 Å². The SMILES string of the molecule is CC(C)(C)OC(=O)N1CCN(c2ccc(-c3ccccc3N3CCCCC3C(=O)NCC#N)cc2)CC1. The van der Waals surface area contributed by atoms with E-state index in [9.17, 15) is 9.59 Å². The summed E-state index contributed by atoms with van der Waals surface area (Å²) in [6.45, 7) is 9.25. The smallest absolute Gasteiger partial charge is 0.410 e. The lowest BCUT2D eigenvalue weighted by Crippen LogP contribution is -2.50. The van der Waals surface area contributed by atoms with E-state index < -0.39 is 5.60 Å². The molecule has 37 heavy (non-hydrogen) atoms. The van der Waals surface area contributed by atoms with E-state index in [1.165, 1.54) is 0 Å². The van der Waals surface area contributed by atoms with Crippen molar-refractivity contribution in [2.24, 2.45) is 0 Å². The molecule has 1 atom stereocenters. The molecule has 2 fully saturated rings. The lowest BCUT2D eigenvalue weighted by atomic mass is 9.96. The van der Waals surface area contributed by atoms with Gasteiger partial charge in [0.05, 0.1) is 6.07 Å². The summed E-state index contributed by atoms with van der Waals surface area (Å²) in [5, 5.41) is 11.6. The van der Waals surface area contributed by atoms with Crippen LogP contribution in [0.1, 0.15) is 40.0 Å². The molecule has 1 N–H and O–H groups in total. The predicted molar refractivity (Wildman–Crippen MR) is 146 cm³/mol. The van der Waals surface area contributed by atoms with Crippen molar-refractivity contribution in [3.05, 3.63) is 48.5 Å². The number of piperazine rings is 1. The second kappa shape index (κ2) is 11.5. The number of carbonyl (C=O) groups excluding carboxylic acids is 2. The molecule has 0 aromatic heterocycles. The Bertz CT molecular complexity index is 1130. The van der Waals surface area contributed by atoms with Gasteiger partial charge in [0.2, 0.25) is 5.91 Å². The van der Waals surface area contributed by atoms with E-state index in [1.807, 2.05) is 39.0 Å². The van der Waals surface area contributed by atoms with Crippen LogP contribution >= 0.6 is 0 Å². The normalized spacial score (nSPS) is 18.2. The molecule has 2 aliphatic heterocycles. The molecule has 0 aliphatic carbocycles. The number of nitrogens with one attached hydrogen (secondary N) is 1. The Morgan fingerprint density at radius 3 is 2.38 bits per heavy atom. The van der Waals surface area contributed by atoms with Gasteiger partial charge in [0, 0.05) is 49.7 Å². The Labute approximate surface area is 219 Å². The zero-order valence-corrected chi connectivity index (χ0v) is 22.1. The average Bonchev–Trinajstić information content (AvgIpc) is 2.91. The zero-order valence-electron chi connectivity index (χ0n) is 22.1. The van der Waals surface area contributed by atoms with E-state index >= 15 is 0 Å². The van der Waals surface area contributed by atoms with Crippen LogP contribution in [0.3, 0.4) is 0 Å². The van der Waals surface area contributed by atoms with Crippen molar-refractivity contribution in [1.82, 2.24) is 10.2 Å². The number of benzene rings is 2. The molecule has 2 amide bonds. The number of para-hydroxylation sites is 1. The highest BCUT2D eigenvalue weighted by Crippen LogP contribution is 2.35. The van der Waals surface area contributed by atoms with E-state index in [4.69, 9.17) is 10.00 Å². The number of piperidine rings is 1. The molecular formula is C29H37N5O3. The van der Waals surface area contributed by atoms with Crippen LogP contribution in [0.4, 0.5) is 16.2 Å². The highest BCUT2D eigenvalue weighted by atomic mass is 16.6. The number of rotatable bonds is 5. The minimum atomic E-state index is -0.491. The van der Waals surface area contributed by atoms with Crippen molar-refractivity contribution in [3.63, 3.8) is 0 Å². The van der Waals surface area contributed by atoms with E-state index in [0.717, 1.165) is 61.4 Å². The number of nitriles is 1. The first-order valence-corrected chi connectivity index (χ1v) is 13.1. The Morgan fingerprint density at radius 1 is 1.00 bits per heavy atom. The summed E-state index contributed by atoms with van der Waals surface area (Å²) in [4.78, 5) is 31.4. The first kappa shape index (κ1) is 26.3. The van der Waals surface area contributed by atoms with Crippen LogP contribution < -0.4 is 15.1 Å². The fourth-order valence-electron chi connectivity index (χ4n) is 5.03. The van der Waals surface area contributed by atoms with Crippen LogP contribution in [0.25, 0.3) is 11.1 Å². The van der Waals surface area contributed by atoms with E-state index in [-0.39, 0.29) is 24.6 Å². The molecular weight excluding hydrogens is 466 g/mol. The summed E-state index contributed by atoms with van der Waals surface area (Å²) in [7, 11) is 0. The third kappa shape index (κ3) is 6.53. The number of hydrogen-bond donors (Lipinski definition) is 1. The number of carbonyl (C=O) groups is 2. The quantitative estimate of drug-likeness (QED) is 0.608. The molecule has 1 unspecified atom stereocenters. The van der Waals surface area contributed by atoms with Crippen LogP contribution in [0.2, 0.25) is 0 Å². The molecule has 0 radical (unpaired) electrons. The third-order valence-electron chi connectivity index (χ3n) is 6.84. The molecule has 2 saturated heterocycles. The predicted octanol–water partition coefficient (Wildman–Crippen LogP) is 4.41. The minimum absolute atomic E-state index is 0.0261. The summed E-state index contributed by atoms with van der Waals surface area (Å²) in [5.41, 5.74) is 3.85. The molecule has 0 spiro atoms. The molecule has 4 rings (SSSR count). The Morgan fingerprint density at radius 2 is 1.70 bits per heavy atom. The fraction of sp³-hybridized carbons (Fsp3) is 0.483. The zero-order chi connectivity index (χ0) is 26.4. The maximum atomic E-state index is 12.8. The van der Waals surface area contributed by atoms with Crippen molar-refractivity contribution in [3.8, 4) is 17.2 Å². The maximum absolute atomic E-state index is 12.8. The van der Waals surface area contributed by atoms with E-state index in [2.05, 4.69) is 51.5 Å². The van der Waals surface area contributed by atoms with Crippen molar-refractivity contribution in [2.75, 3.05) is 49.1 Å². The highest BCUT2D eigenvalue weighted by Gasteiger charge is 2.30. The van der Waals surface area contributed by atoms with Crippen LogP contribution in [-0.4, -0.2) is 67.8 Å². The number of anilines is 2. The summed E-state index contributed by atoms with van der Waals surface area (Å²) in [5.74, 6) is -0.0862. The molecule has 2 heterocycles. The van der Waals surface area contributed by atoms with Gasteiger partial charge in [-0.05, 0) is 63.8 Å². The molecule has 2 aromatic rings. The van der Waals surface area contributed by atoms with Gasteiger partial charge >= 0.3 is 6.09 Å². The van der Waals surface area contributed by atoms with Crippen LogP contribution in [0.5, 0.6) is 0 Å². The maximum Gasteiger partial charge on any atom is 0.410 e. The van der Waals surface area contributed by atoms with Gasteiger partial charge < -0.3 is 24.8 Å². The molecule has 8 heteroatoms. The van der Waals surface area contributed by atoms with Gasteiger partial charge in [-0.3, -0.25) is 4.79 Å². The average molecular weight is 504 g/mol. The Kier molecular flexibility index (Phi) is 8.22. The number of ether oxygens (including phenoxy) is 1. The topological polar surface area (TPSA) is 88.9 Å². The number of nitrogens with zero attached hydrogens (tertiary/aromatic N) is 4. The summed E-state index contributed by atoms with van der Waals surface area (Å²) >= 11 is 0. The summed E-state index contributed by atoms with van der Waals surface area (Å²) < 4.78 is 5.51. The number of amides is 2. The van der Waals surface area contributed by atoms with Gasteiger partial charge in [0.25, 0.3) is 0 Å². The molecule has 196 valence electrons. The van der Waals surface area contributed by atoms with E-state index in [1.54, 1.807) is 4.90 Å². The number of hydrogen-bond acceptors (Lipinski definition) is 6. The Balaban J connectivity index is 1.46. The lowest BCUT2D eigenvalue weighted by Gasteiger charge is -2.38. The monoisotopic (exact) mass is 503 g/mol. The Hall–Kier alpha value is -3.73. The van der Waals surface area contributed by atoms with Gasteiger partial charge in [0.15, 0.2) is 0 Å². The molecule has 2 aliphatic rings. The summed E-state index contributed by atoms with van der Waals surface area (Å²) in [6, 6.07) is 18.4. The van der Waals surface area contributed by atoms with Gasteiger partial charge in [-0.1, -0.05) is 30.3 Å². The first-order chi connectivity index (χ1) is 17.8. The standard InChI is InChI=1S/C29H37N5O3/c1-29(2,3)37-28(36)33-20-18-32(19-21-33)23-13-11-22(12-14-23)24-8-4-5-9-25(24)34-17-7-6-10-26(34)27(35)31-16-15-30/h4-5,8-9,11-14,26H,6-7,10,16-21H2,1-3H3,(H,31,35). The van der Waals surface area contributed by atoms with Gasteiger partial charge in [-0.15, -0.1) is 0 Å². The van der Waals surface area contributed by atoms with Gasteiger partial charge in [-0.2, -0.15) is 5.26 Å². The largest absolute Gasteiger partial charge is 0.444 e. The summed E-state index contributed by atoms with van der Waals surface area (Å²) in [6.07, 6.45) is 2.56. The third-order valence-corrected chi connectivity index (χ3v) is 6.84. The second-order valence-corrected chi connectivity index (χ2v) is 10.6. The molecule has 2 aromatic carbocycles. The first-order valence-electron chi connectivity index (χ1n) is 13.1. The van der Waals surface area contributed by atoms with Crippen molar-refractivity contribution >= 4 is 23.4 Å². The van der Waals surface area contributed by atoms with Crippen molar-refractivity contribution < 1.29 is 14.3 Å². The van der Waals surface area contributed by atoms with Crippen LogP contribution in [0, 0.1) is 11.3 Å². The second-order valence-electron chi connectivity index (χ2n) is 10.6. The van der Waals surface area contributed by atoms with Crippen LogP contribution in [0.15, 0.2) is 48.5 Å². The van der Waals surface area contributed by atoms with Crippen molar-refractivity contribution in [2.45, 2.75) is 51.7 Å². The molecule has 8 nitrogen and oxygen atoms in total. The van der Waals surface area contributed by atoms with Gasteiger partial charge in [-0.25, -0.2) is 4.79 Å². The van der Waals surface area contributed by atoms with Crippen LogP contribution in [-0.2, 0) is 9.53 Å². The lowest BCUT2D eigenvalue weighted by molar-refractivity contribution is -0.122. The molecule has 0 bridgehead atoms. The minimum Gasteiger partial charge on any atom is -0.444 e. The molecule has 0 saturated carbocycles.